The van der Waals surface area contributed by atoms with Crippen molar-refractivity contribution in [2.24, 2.45) is 0 Å². The molecular weight excluding hydrogens is 304 g/mol. The Balaban J connectivity index is 1.73. The van der Waals surface area contributed by atoms with Crippen LogP contribution in [-0.4, -0.2) is 42.2 Å². The van der Waals surface area contributed by atoms with E-state index in [4.69, 9.17) is 16.3 Å². The number of halogens is 1. The minimum Gasteiger partial charge on any atom is -0.378 e. The zero-order valence-corrected chi connectivity index (χ0v) is 12.6. The van der Waals surface area contributed by atoms with Crippen LogP contribution >= 0.6 is 11.6 Å². The van der Waals surface area contributed by atoms with Crippen molar-refractivity contribution in [2.45, 2.75) is 0 Å². The molecule has 1 aromatic heterocycles. The number of rotatable bonds is 3. The fraction of sp³-hybridized carbons (Fsp3) is 0.267. The van der Waals surface area contributed by atoms with E-state index < -0.39 is 0 Å². The summed E-state index contributed by atoms with van der Waals surface area (Å²) >= 11 is 5.82. The average Bonchev–Trinajstić information content (AvgIpc) is 2.58. The molecule has 1 N–H and O–H groups in total. The molecule has 2 aromatic rings. The van der Waals surface area contributed by atoms with Crippen LogP contribution in [0, 0.1) is 0 Å². The van der Waals surface area contributed by atoms with E-state index in [-0.39, 0.29) is 5.91 Å². The number of carbonyl (C=O) groups is 1. The molecular formula is C15H15ClN4O2. The van der Waals surface area contributed by atoms with E-state index in [0.717, 1.165) is 13.1 Å². The summed E-state index contributed by atoms with van der Waals surface area (Å²) in [6.07, 6.45) is 1.59. The summed E-state index contributed by atoms with van der Waals surface area (Å²) < 4.78 is 5.30. The van der Waals surface area contributed by atoms with Crippen LogP contribution in [-0.2, 0) is 4.74 Å². The number of carbonyl (C=O) groups excluding carboxylic acids is 1. The fourth-order valence-electron chi connectivity index (χ4n) is 2.12. The monoisotopic (exact) mass is 318 g/mol. The van der Waals surface area contributed by atoms with E-state index in [1.54, 1.807) is 36.5 Å². The number of anilines is 2. The number of morpholine rings is 1. The van der Waals surface area contributed by atoms with E-state index in [0.29, 0.717) is 35.6 Å². The second-order valence-corrected chi connectivity index (χ2v) is 5.24. The van der Waals surface area contributed by atoms with Crippen molar-refractivity contribution in [3.8, 4) is 0 Å². The Labute approximate surface area is 133 Å². The van der Waals surface area contributed by atoms with Gasteiger partial charge in [-0.05, 0) is 30.3 Å². The molecule has 1 aliphatic heterocycles. The zero-order chi connectivity index (χ0) is 15.4. The molecule has 0 spiro atoms. The van der Waals surface area contributed by atoms with Crippen molar-refractivity contribution in [1.82, 2.24) is 9.97 Å². The summed E-state index contributed by atoms with van der Waals surface area (Å²) in [4.78, 5) is 22.8. The Kier molecular flexibility index (Phi) is 4.50. The quantitative estimate of drug-likeness (QED) is 0.940. The minimum absolute atomic E-state index is 0.278. The predicted octanol–water partition coefficient (Wildman–Crippen LogP) is 2.22. The highest BCUT2D eigenvalue weighted by molar-refractivity contribution is 6.30. The molecule has 0 aliphatic carbocycles. The lowest BCUT2D eigenvalue weighted by atomic mass is 10.3. The lowest BCUT2D eigenvalue weighted by molar-refractivity contribution is 0.102. The maximum absolute atomic E-state index is 12.3. The van der Waals surface area contributed by atoms with Gasteiger partial charge in [0.05, 0.1) is 13.2 Å². The first-order valence-electron chi connectivity index (χ1n) is 6.95. The zero-order valence-electron chi connectivity index (χ0n) is 11.8. The van der Waals surface area contributed by atoms with E-state index in [1.807, 2.05) is 4.90 Å². The average molecular weight is 319 g/mol. The number of nitrogens with one attached hydrogen (secondary N) is 1. The molecule has 7 heteroatoms. The molecule has 22 heavy (non-hydrogen) atoms. The van der Waals surface area contributed by atoms with Crippen LogP contribution in [0.3, 0.4) is 0 Å². The lowest BCUT2D eigenvalue weighted by Gasteiger charge is -2.26. The van der Waals surface area contributed by atoms with Crippen LogP contribution in [0.1, 0.15) is 10.5 Å². The molecule has 0 radical (unpaired) electrons. The van der Waals surface area contributed by atoms with Gasteiger partial charge in [0.25, 0.3) is 5.91 Å². The van der Waals surface area contributed by atoms with Crippen molar-refractivity contribution in [2.75, 3.05) is 36.5 Å². The Hall–Kier alpha value is -2.18. The van der Waals surface area contributed by atoms with E-state index in [9.17, 15) is 4.79 Å². The van der Waals surface area contributed by atoms with Crippen LogP contribution in [0.25, 0.3) is 0 Å². The third-order valence-electron chi connectivity index (χ3n) is 3.27. The van der Waals surface area contributed by atoms with Crippen LogP contribution in [0.2, 0.25) is 5.02 Å². The van der Waals surface area contributed by atoms with E-state index in [2.05, 4.69) is 15.3 Å². The van der Waals surface area contributed by atoms with E-state index in [1.165, 1.54) is 0 Å². The third kappa shape index (κ3) is 3.52. The fourth-order valence-corrected chi connectivity index (χ4v) is 2.24. The molecule has 114 valence electrons. The first-order chi connectivity index (χ1) is 10.7. The Morgan fingerprint density at radius 2 is 1.91 bits per heavy atom. The van der Waals surface area contributed by atoms with Crippen LogP contribution < -0.4 is 10.2 Å². The maximum Gasteiger partial charge on any atom is 0.274 e. The molecule has 1 aliphatic rings. The summed E-state index contributed by atoms with van der Waals surface area (Å²) in [7, 11) is 0. The summed E-state index contributed by atoms with van der Waals surface area (Å²) in [5.74, 6) is 0.270. The predicted molar refractivity (Wildman–Crippen MR) is 84.5 cm³/mol. The van der Waals surface area contributed by atoms with Crippen molar-refractivity contribution in [3.05, 3.63) is 47.2 Å². The Morgan fingerprint density at radius 3 is 2.64 bits per heavy atom. The summed E-state index contributed by atoms with van der Waals surface area (Å²) in [5.41, 5.74) is 0.993. The van der Waals surface area contributed by atoms with Crippen LogP contribution in [0.4, 0.5) is 11.6 Å². The second-order valence-electron chi connectivity index (χ2n) is 4.80. The molecule has 1 fully saturated rings. The van der Waals surface area contributed by atoms with Gasteiger partial charge in [0.2, 0.25) is 5.95 Å². The molecule has 1 saturated heterocycles. The van der Waals surface area contributed by atoms with Gasteiger partial charge in [-0.15, -0.1) is 0 Å². The molecule has 3 rings (SSSR count). The molecule has 0 saturated carbocycles. The number of hydrogen-bond acceptors (Lipinski definition) is 5. The maximum atomic E-state index is 12.3. The largest absolute Gasteiger partial charge is 0.378 e. The number of amides is 1. The minimum atomic E-state index is -0.278. The first kappa shape index (κ1) is 14.7. The Bertz CT molecular complexity index is 657. The molecule has 2 heterocycles. The standard InChI is InChI=1S/C15H15ClN4O2/c16-11-1-3-12(4-2-11)18-14(21)13-5-6-17-15(19-13)20-7-9-22-10-8-20/h1-6H,7-10H2,(H,18,21). The lowest BCUT2D eigenvalue weighted by Crippen LogP contribution is -2.37. The van der Waals surface area contributed by atoms with Gasteiger partial charge in [0, 0.05) is 30.0 Å². The van der Waals surface area contributed by atoms with Crippen LogP contribution in [0.5, 0.6) is 0 Å². The molecule has 1 aromatic carbocycles. The molecule has 6 nitrogen and oxygen atoms in total. The highest BCUT2D eigenvalue weighted by Gasteiger charge is 2.16. The van der Waals surface area contributed by atoms with E-state index >= 15 is 0 Å². The normalized spacial score (nSPS) is 14.7. The van der Waals surface area contributed by atoms with Crippen molar-refractivity contribution in [1.29, 1.82) is 0 Å². The molecule has 1 amide bonds. The van der Waals surface area contributed by atoms with Gasteiger partial charge in [-0.1, -0.05) is 11.6 Å². The third-order valence-corrected chi connectivity index (χ3v) is 3.52. The summed E-state index contributed by atoms with van der Waals surface area (Å²) in [5, 5.41) is 3.40. The van der Waals surface area contributed by atoms with Crippen molar-refractivity contribution in [3.63, 3.8) is 0 Å². The van der Waals surface area contributed by atoms with Gasteiger partial charge >= 0.3 is 0 Å². The Morgan fingerprint density at radius 1 is 1.18 bits per heavy atom. The first-order valence-corrected chi connectivity index (χ1v) is 7.33. The smallest absolute Gasteiger partial charge is 0.274 e. The highest BCUT2D eigenvalue weighted by Crippen LogP contribution is 2.15. The molecule has 0 atom stereocenters. The van der Waals surface area contributed by atoms with Crippen molar-refractivity contribution < 1.29 is 9.53 Å². The van der Waals surface area contributed by atoms with Gasteiger partial charge in [0.1, 0.15) is 5.69 Å². The number of nitrogens with zero attached hydrogens (tertiary/aromatic N) is 3. The number of benzene rings is 1. The topological polar surface area (TPSA) is 67.4 Å². The highest BCUT2D eigenvalue weighted by atomic mass is 35.5. The van der Waals surface area contributed by atoms with Crippen LogP contribution in [0.15, 0.2) is 36.5 Å². The van der Waals surface area contributed by atoms with Gasteiger partial charge in [0.15, 0.2) is 0 Å². The molecule has 0 bridgehead atoms. The van der Waals surface area contributed by atoms with Crippen molar-refractivity contribution >= 4 is 29.1 Å². The second kappa shape index (κ2) is 6.72. The number of hydrogen-bond donors (Lipinski definition) is 1. The SMILES string of the molecule is O=C(Nc1ccc(Cl)cc1)c1ccnc(N2CCOCC2)n1. The van der Waals surface area contributed by atoms with Gasteiger partial charge in [-0.25, -0.2) is 9.97 Å². The van der Waals surface area contributed by atoms with Gasteiger partial charge < -0.3 is 15.0 Å². The van der Waals surface area contributed by atoms with Gasteiger partial charge in [-0.3, -0.25) is 4.79 Å². The summed E-state index contributed by atoms with van der Waals surface area (Å²) in [6, 6.07) is 8.51. The number of ether oxygens (including phenoxy) is 1. The molecule has 0 unspecified atom stereocenters. The number of aromatic nitrogens is 2. The van der Waals surface area contributed by atoms with Gasteiger partial charge in [-0.2, -0.15) is 0 Å². The summed E-state index contributed by atoms with van der Waals surface area (Å²) in [6.45, 7) is 2.74.